The molecule has 1 aromatic rings. The highest BCUT2D eigenvalue weighted by Crippen LogP contribution is 2.13. The standard InChI is InChI=1S/C11H13NO4S/c1-8(11(13)14)6-9-4-3-5-10(7-9)17(15,16)12-2/h3-5,7,12H,1,6H2,2H3,(H,13,14). The van der Waals surface area contributed by atoms with Crippen molar-refractivity contribution in [2.75, 3.05) is 7.05 Å². The summed E-state index contributed by atoms with van der Waals surface area (Å²) in [7, 11) is -2.19. The molecule has 0 bridgehead atoms. The first-order chi connectivity index (χ1) is 7.86. The van der Waals surface area contributed by atoms with E-state index in [2.05, 4.69) is 11.3 Å². The van der Waals surface area contributed by atoms with Crippen LogP contribution >= 0.6 is 0 Å². The van der Waals surface area contributed by atoms with Gasteiger partial charge in [0.25, 0.3) is 0 Å². The van der Waals surface area contributed by atoms with Crippen molar-refractivity contribution in [2.24, 2.45) is 0 Å². The second-order valence-electron chi connectivity index (χ2n) is 3.44. The zero-order valence-corrected chi connectivity index (χ0v) is 10.1. The Morgan fingerprint density at radius 1 is 1.47 bits per heavy atom. The highest BCUT2D eigenvalue weighted by molar-refractivity contribution is 7.89. The number of carboxylic acids is 1. The van der Waals surface area contributed by atoms with E-state index in [9.17, 15) is 13.2 Å². The summed E-state index contributed by atoms with van der Waals surface area (Å²) in [5, 5.41) is 8.69. The molecule has 0 saturated carbocycles. The molecule has 2 N–H and O–H groups in total. The van der Waals surface area contributed by atoms with E-state index >= 15 is 0 Å². The minimum atomic E-state index is -3.50. The summed E-state index contributed by atoms with van der Waals surface area (Å²) in [5.41, 5.74) is 0.609. The molecule has 1 aromatic carbocycles. The molecule has 1 rings (SSSR count). The fourth-order valence-corrected chi connectivity index (χ4v) is 2.06. The monoisotopic (exact) mass is 255 g/mol. The average Bonchev–Trinajstić information content (AvgIpc) is 2.29. The van der Waals surface area contributed by atoms with Crippen molar-refractivity contribution in [2.45, 2.75) is 11.3 Å². The van der Waals surface area contributed by atoms with Crippen LogP contribution in [0.2, 0.25) is 0 Å². The summed E-state index contributed by atoms with van der Waals surface area (Å²) in [6, 6.07) is 6.09. The van der Waals surface area contributed by atoms with Crippen molar-refractivity contribution in [1.29, 1.82) is 0 Å². The van der Waals surface area contributed by atoms with Gasteiger partial charge in [-0.05, 0) is 24.7 Å². The molecule has 92 valence electrons. The summed E-state index contributed by atoms with van der Waals surface area (Å²) < 4.78 is 25.2. The SMILES string of the molecule is C=C(Cc1cccc(S(=O)(=O)NC)c1)C(=O)O. The lowest BCUT2D eigenvalue weighted by atomic mass is 10.1. The predicted octanol–water partition coefficient (Wildman–Crippen LogP) is 0.778. The molecule has 0 fully saturated rings. The van der Waals surface area contributed by atoms with Crippen LogP contribution in [-0.2, 0) is 21.2 Å². The highest BCUT2D eigenvalue weighted by Gasteiger charge is 2.12. The Kier molecular flexibility index (Phi) is 4.03. The highest BCUT2D eigenvalue weighted by atomic mass is 32.2. The zero-order chi connectivity index (χ0) is 13.1. The van der Waals surface area contributed by atoms with E-state index in [0.717, 1.165) is 0 Å². The number of aliphatic carboxylic acids is 1. The zero-order valence-electron chi connectivity index (χ0n) is 9.30. The van der Waals surface area contributed by atoms with Crippen molar-refractivity contribution in [1.82, 2.24) is 4.72 Å². The Morgan fingerprint density at radius 3 is 2.65 bits per heavy atom. The number of hydrogen-bond acceptors (Lipinski definition) is 3. The van der Waals surface area contributed by atoms with Crippen molar-refractivity contribution in [3.05, 3.63) is 42.0 Å². The average molecular weight is 255 g/mol. The first-order valence-electron chi connectivity index (χ1n) is 4.80. The van der Waals surface area contributed by atoms with Crippen LogP contribution in [0.5, 0.6) is 0 Å². The van der Waals surface area contributed by atoms with Gasteiger partial charge >= 0.3 is 5.97 Å². The topological polar surface area (TPSA) is 83.5 Å². The molecule has 6 heteroatoms. The van der Waals surface area contributed by atoms with Crippen molar-refractivity contribution in [3.63, 3.8) is 0 Å². The number of hydrogen-bond donors (Lipinski definition) is 2. The molecule has 0 aromatic heterocycles. The van der Waals surface area contributed by atoms with Crippen LogP contribution < -0.4 is 4.72 Å². The van der Waals surface area contributed by atoms with E-state index in [1.165, 1.54) is 19.2 Å². The summed E-state index contributed by atoms with van der Waals surface area (Å²) in [6.07, 6.45) is 0.113. The van der Waals surface area contributed by atoms with Crippen LogP contribution in [0.1, 0.15) is 5.56 Å². The largest absolute Gasteiger partial charge is 0.478 e. The second kappa shape index (κ2) is 5.11. The van der Waals surface area contributed by atoms with Gasteiger partial charge in [-0.3, -0.25) is 0 Å². The van der Waals surface area contributed by atoms with Crippen LogP contribution in [0, 0.1) is 0 Å². The Hall–Kier alpha value is -1.66. The summed E-state index contributed by atoms with van der Waals surface area (Å²) >= 11 is 0. The molecule has 0 aliphatic heterocycles. The number of carbonyl (C=O) groups is 1. The smallest absolute Gasteiger partial charge is 0.331 e. The molecule has 0 aliphatic rings. The van der Waals surface area contributed by atoms with Crippen LogP contribution in [-0.4, -0.2) is 26.5 Å². The molecule has 0 spiro atoms. The fourth-order valence-electron chi connectivity index (χ4n) is 1.26. The van der Waals surface area contributed by atoms with Crippen LogP contribution in [0.3, 0.4) is 0 Å². The van der Waals surface area contributed by atoms with Gasteiger partial charge in [0.2, 0.25) is 10.0 Å². The summed E-state index contributed by atoms with van der Waals surface area (Å²) in [5.74, 6) is -1.09. The van der Waals surface area contributed by atoms with Crippen molar-refractivity contribution >= 4 is 16.0 Å². The van der Waals surface area contributed by atoms with E-state index in [0.29, 0.717) is 5.56 Å². The van der Waals surface area contributed by atoms with Gasteiger partial charge in [0.1, 0.15) is 0 Å². The molecule has 0 aliphatic carbocycles. The maximum atomic E-state index is 11.5. The van der Waals surface area contributed by atoms with Crippen LogP contribution in [0.4, 0.5) is 0 Å². The van der Waals surface area contributed by atoms with Crippen LogP contribution in [0.25, 0.3) is 0 Å². The molecule has 17 heavy (non-hydrogen) atoms. The number of sulfonamides is 1. The van der Waals surface area contributed by atoms with E-state index in [1.54, 1.807) is 12.1 Å². The predicted molar refractivity (Wildman–Crippen MR) is 63.2 cm³/mol. The maximum absolute atomic E-state index is 11.5. The second-order valence-corrected chi connectivity index (χ2v) is 5.33. The van der Waals surface area contributed by atoms with Gasteiger partial charge in [-0.1, -0.05) is 18.7 Å². The molecule has 5 nitrogen and oxygen atoms in total. The third-order valence-electron chi connectivity index (χ3n) is 2.20. The Balaban J connectivity index is 3.03. The lowest BCUT2D eigenvalue weighted by Gasteiger charge is -2.05. The molecular weight excluding hydrogens is 242 g/mol. The van der Waals surface area contributed by atoms with Gasteiger partial charge in [0.15, 0.2) is 0 Å². The molecule has 0 atom stereocenters. The first kappa shape index (κ1) is 13.4. The van der Waals surface area contributed by atoms with Crippen molar-refractivity contribution < 1.29 is 18.3 Å². The first-order valence-corrected chi connectivity index (χ1v) is 6.28. The molecular formula is C11H13NO4S. The summed E-state index contributed by atoms with van der Waals surface area (Å²) in [6.45, 7) is 3.40. The third kappa shape index (κ3) is 3.40. The minimum Gasteiger partial charge on any atom is -0.478 e. The van der Waals surface area contributed by atoms with Gasteiger partial charge in [-0.2, -0.15) is 0 Å². The van der Waals surface area contributed by atoms with Gasteiger partial charge < -0.3 is 5.11 Å². The molecule has 0 amide bonds. The normalized spacial score (nSPS) is 11.1. The van der Waals surface area contributed by atoms with Crippen molar-refractivity contribution in [3.8, 4) is 0 Å². The quantitative estimate of drug-likeness (QED) is 0.761. The number of benzene rings is 1. The molecule has 0 radical (unpaired) electrons. The van der Waals surface area contributed by atoms with Gasteiger partial charge in [0.05, 0.1) is 4.90 Å². The fraction of sp³-hybridized carbons (Fsp3) is 0.182. The third-order valence-corrected chi connectivity index (χ3v) is 3.61. The number of nitrogens with one attached hydrogen (secondary N) is 1. The molecule has 0 unspecified atom stereocenters. The van der Waals surface area contributed by atoms with Gasteiger partial charge in [-0.15, -0.1) is 0 Å². The van der Waals surface area contributed by atoms with E-state index in [-0.39, 0.29) is 16.9 Å². The number of carboxylic acid groups (broad SMARTS) is 1. The molecule has 0 heterocycles. The molecule has 0 saturated heterocycles. The van der Waals surface area contributed by atoms with E-state index < -0.39 is 16.0 Å². The lowest BCUT2D eigenvalue weighted by molar-refractivity contribution is -0.132. The van der Waals surface area contributed by atoms with Gasteiger partial charge in [-0.25, -0.2) is 17.9 Å². The Morgan fingerprint density at radius 2 is 2.12 bits per heavy atom. The maximum Gasteiger partial charge on any atom is 0.331 e. The van der Waals surface area contributed by atoms with E-state index in [4.69, 9.17) is 5.11 Å². The van der Waals surface area contributed by atoms with Crippen LogP contribution in [0.15, 0.2) is 41.3 Å². The Labute approximate surface area is 99.8 Å². The number of rotatable bonds is 5. The Bertz CT molecular complexity index is 548. The van der Waals surface area contributed by atoms with E-state index in [1.807, 2.05) is 0 Å². The summed E-state index contributed by atoms with van der Waals surface area (Å²) in [4.78, 5) is 10.7. The van der Waals surface area contributed by atoms with Gasteiger partial charge in [0, 0.05) is 12.0 Å². The lowest BCUT2D eigenvalue weighted by Crippen LogP contribution is -2.18. The minimum absolute atomic E-state index is 0.0176.